The average molecular weight is 157 g/mol. The summed E-state index contributed by atoms with van der Waals surface area (Å²) in [6.45, 7) is 7.44. The first-order valence-electron chi connectivity index (χ1n) is 3.98. The quantitative estimate of drug-likeness (QED) is 0.473. The van der Waals surface area contributed by atoms with Gasteiger partial charge in [-0.2, -0.15) is 0 Å². The summed E-state index contributed by atoms with van der Waals surface area (Å²) >= 11 is 0. The van der Waals surface area contributed by atoms with Gasteiger partial charge in [-0.25, -0.2) is 0 Å². The molecule has 0 aliphatic heterocycles. The Bertz CT molecular complexity index is 138. The fourth-order valence-electron chi connectivity index (χ4n) is 0.534. The molecule has 0 saturated carbocycles. The van der Waals surface area contributed by atoms with Crippen molar-refractivity contribution in [1.29, 1.82) is 0 Å². The third-order valence-electron chi connectivity index (χ3n) is 1.95. The van der Waals surface area contributed by atoms with Crippen LogP contribution in [0.25, 0.3) is 0 Å². The normalized spacial score (nSPS) is 13.3. The second kappa shape index (κ2) is 4.21. The molecule has 3 heteroatoms. The molecule has 0 aliphatic carbocycles. The molecule has 0 bridgehead atoms. The van der Waals surface area contributed by atoms with Crippen LogP contribution in [0.2, 0.25) is 0 Å². The lowest BCUT2D eigenvalue weighted by Crippen LogP contribution is -2.38. The van der Waals surface area contributed by atoms with Crippen LogP contribution in [-0.4, -0.2) is 19.6 Å². The first kappa shape index (κ1) is 10.3. The second-order valence-corrected chi connectivity index (χ2v) is 3.48. The third kappa shape index (κ3) is 4.65. The number of hydrogen-bond acceptors (Lipinski definition) is 1. The van der Waals surface area contributed by atoms with E-state index < -0.39 is 0 Å². The fourth-order valence-corrected chi connectivity index (χ4v) is 0.534. The van der Waals surface area contributed by atoms with Crippen LogP contribution >= 0.6 is 0 Å². The lowest BCUT2D eigenvalue weighted by atomic mass is 9.90. The van der Waals surface area contributed by atoms with Crippen LogP contribution in [0.5, 0.6) is 0 Å². The molecular formula is C8H19N3. The molecule has 0 spiro atoms. The van der Waals surface area contributed by atoms with E-state index in [1.165, 1.54) is 0 Å². The van der Waals surface area contributed by atoms with Gasteiger partial charge >= 0.3 is 0 Å². The van der Waals surface area contributed by atoms with Crippen molar-refractivity contribution in [1.82, 2.24) is 5.32 Å². The summed E-state index contributed by atoms with van der Waals surface area (Å²) in [5.41, 5.74) is 5.77. The highest BCUT2D eigenvalue weighted by atomic mass is 15.1. The lowest BCUT2D eigenvalue weighted by Gasteiger charge is -2.22. The van der Waals surface area contributed by atoms with E-state index in [9.17, 15) is 0 Å². The zero-order chi connectivity index (χ0) is 8.91. The van der Waals surface area contributed by atoms with Crippen LogP contribution in [-0.2, 0) is 0 Å². The van der Waals surface area contributed by atoms with Gasteiger partial charge in [0.15, 0.2) is 5.96 Å². The standard InChI is InChI=1S/C8H19N3/c1-5-8(2,3)6-11-7(9)10-4/h5-6H2,1-4H3,(H3,9,10,11). The molecule has 0 radical (unpaired) electrons. The van der Waals surface area contributed by atoms with Gasteiger partial charge in [-0.1, -0.05) is 20.8 Å². The van der Waals surface area contributed by atoms with Gasteiger partial charge in [-0.3, -0.25) is 4.99 Å². The van der Waals surface area contributed by atoms with Gasteiger partial charge in [0.2, 0.25) is 0 Å². The minimum absolute atomic E-state index is 0.301. The minimum Gasteiger partial charge on any atom is -0.370 e. The molecule has 3 N–H and O–H groups in total. The van der Waals surface area contributed by atoms with Crippen LogP contribution < -0.4 is 11.1 Å². The molecular weight excluding hydrogens is 138 g/mol. The highest BCUT2D eigenvalue weighted by Crippen LogP contribution is 2.17. The molecule has 0 aromatic carbocycles. The van der Waals surface area contributed by atoms with E-state index in [-0.39, 0.29) is 0 Å². The Morgan fingerprint density at radius 2 is 2.09 bits per heavy atom. The molecule has 0 aromatic rings. The Labute approximate surface area is 69.1 Å². The van der Waals surface area contributed by atoms with E-state index in [2.05, 4.69) is 31.1 Å². The molecule has 0 saturated heterocycles. The molecule has 0 aliphatic rings. The van der Waals surface area contributed by atoms with Crippen molar-refractivity contribution in [3.63, 3.8) is 0 Å². The predicted molar refractivity (Wildman–Crippen MR) is 49.6 cm³/mol. The summed E-state index contributed by atoms with van der Waals surface area (Å²) in [7, 11) is 1.68. The van der Waals surface area contributed by atoms with Crippen LogP contribution in [0.4, 0.5) is 0 Å². The van der Waals surface area contributed by atoms with Gasteiger partial charge in [0.05, 0.1) is 0 Å². The smallest absolute Gasteiger partial charge is 0.188 e. The Morgan fingerprint density at radius 3 is 2.45 bits per heavy atom. The van der Waals surface area contributed by atoms with Gasteiger partial charge < -0.3 is 11.1 Å². The maximum Gasteiger partial charge on any atom is 0.188 e. The predicted octanol–water partition coefficient (Wildman–Crippen LogP) is 0.957. The first-order chi connectivity index (χ1) is 5.02. The van der Waals surface area contributed by atoms with Crippen LogP contribution in [0.3, 0.4) is 0 Å². The number of nitrogens with one attached hydrogen (secondary N) is 1. The first-order valence-corrected chi connectivity index (χ1v) is 3.98. The van der Waals surface area contributed by atoms with Gasteiger partial charge in [-0.15, -0.1) is 0 Å². The topological polar surface area (TPSA) is 50.4 Å². The van der Waals surface area contributed by atoms with Gasteiger partial charge in [0, 0.05) is 13.6 Å². The molecule has 0 amide bonds. The van der Waals surface area contributed by atoms with Crippen molar-refractivity contribution >= 4 is 5.96 Å². The number of nitrogens with two attached hydrogens (primary N) is 1. The van der Waals surface area contributed by atoms with E-state index in [0.29, 0.717) is 11.4 Å². The molecule has 0 atom stereocenters. The van der Waals surface area contributed by atoms with Crippen LogP contribution in [0.15, 0.2) is 4.99 Å². The van der Waals surface area contributed by atoms with Crippen LogP contribution in [0.1, 0.15) is 27.2 Å². The third-order valence-corrected chi connectivity index (χ3v) is 1.95. The highest BCUT2D eigenvalue weighted by molar-refractivity contribution is 5.77. The van der Waals surface area contributed by atoms with E-state index in [4.69, 9.17) is 5.73 Å². The summed E-state index contributed by atoms with van der Waals surface area (Å²) in [5.74, 6) is 0.520. The lowest BCUT2D eigenvalue weighted by molar-refractivity contribution is 0.349. The molecule has 0 rings (SSSR count). The molecule has 0 unspecified atom stereocenters. The fraction of sp³-hybridized carbons (Fsp3) is 0.875. The van der Waals surface area contributed by atoms with E-state index >= 15 is 0 Å². The zero-order valence-corrected chi connectivity index (χ0v) is 7.94. The monoisotopic (exact) mass is 157 g/mol. The molecule has 66 valence electrons. The molecule has 0 fully saturated rings. The summed E-state index contributed by atoms with van der Waals surface area (Å²) in [6.07, 6.45) is 1.14. The Kier molecular flexibility index (Phi) is 3.93. The van der Waals surface area contributed by atoms with Crippen molar-refractivity contribution < 1.29 is 0 Å². The minimum atomic E-state index is 0.301. The second-order valence-electron chi connectivity index (χ2n) is 3.48. The number of aliphatic imine (C=N–C) groups is 1. The van der Waals surface area contributed by atoms with E-state index in [1.54, 1.807) is 7.05 Å². The summed E-state index contributed by atoms with van der Waals surface area (Å²) in [5, 5.41) is 3.05. The molecule has 3 nitrogen and oxygen atoms in total. The summed E-state index contributed by atoms with van der Waals surface area (Å²) in [4.78, 5) is 3.81. The van der Waals surface area contributed by atoms with Gasteiger partial charge in [-0.05, 0) is 11.8 Å². The van der Waals surface area contributed by atoms with E-state index in [1.807, 2.05) is 0 Å². The van der Waals surface area contributed by atoms with E-state index in [0.717, 1.165) is 13.0 Å². The van der Waals surface area contributed by atoms with Crippen molar-refractivity contribution in [3.8, 4) is 0 Å². The number of hydrogen-bond donors (Lipinski definition) is 2. The Morgan fingerprint density at radius 1 is 1.55 bits per heavy atom. The van der Waals surface area contributed by atoms with Crippen molar-refractivity contribution in [2.45, 2.75) is 27.2 Å². The number of nitrogens with zero attached hydrogens (tertiary/aromatic N) is 1. The molecule has 11 heavy (non-hydrogen) atoms. The van der Waals surface area contributed by atoms with Crippen LogP contribution in [0, 0.1) is 5.41 Å². The highest BCUT2D eigenvalue weighted by Gasteiger charge is 2.14. The molecule has 0 heterocycles. The van der Waals surface area contributed by atoms with Crippen molar-refractivity contribution in [3.05, 3.63) is 0 Å². The van der Waals surface area contributed by atoms with Gasteiger partial charge in [0.25, 0.3) is 0 Å². The Hall–Kier alpha value is -0.730. The average Bonchev–Trinajstić information content (AvgIpc) is 2.00. The van der Waals surface area contributed by atoms with Crippen molar-refractivity contribution in [2.24, 2.45) is 16.1 Å². The SMILES string of the molecule is CCC(C)(C)CNC(N)=NC. The summed E-state index contributed by atoms with van der Waals surface area (Å²) in [6, 6.07) is 0. The van der Waals surface area contributed by atoms with Gasteiger partial charge in [0.1, 0.15) is 0 Å². The summed E-state index contributed by atoms with van der Waals surface area (Å²) < 4.78 is 0. The molecule has 0 aromatic heterocycles. The number of guanidine groups is 1. The maximum atomic E-state index is 5.47. The maximum absolute atomic E-state index is 5.47. The van der Waals surface area contributed by atoms with Crippen molar-refractivity contribution in [2.75, 3.05) is 13.6 Å². The zero-order valence-electron chi connectivity index (χ0n) is 7.94. The Balaban J connectivity index is 3.70. The number of rotatable bonds is 3. The largest absolute Gasteiger partial charge is 0.370 e.